The van der Waals surface area contributed by atoms with Crippen LogP contribution in [0.25, 0.3) is 0 Å². The number of hydrogen-bond acceptors (Lipinski definition) is 4. The summed E-state index contributed by atoms with van der Waals surface area (Å²) in [5, 5.41) is -0.423. The molecule has 2 amide bonds. The fourth-order valence-corrected chi connectivity index (χ4v) is 3.20. The number of benzene rings is 2. The smallest absolute Gasteiger partial charge is 0.266 e. The first-order chi connectivity index (χ1) is 11.5. The van der Waals surface area contributed by atoms with Gasteiger partial charge in [0.2, 0.25) is 11.6 Å². The van der Waals surface area contributed by atoms with E-state index in [1.807, 2.05) is 0 Å². The first kappa shape index (κ1) is 14.5. The number of carbonyl (C=O) groups is 4. The van der Waals surface area contributed by atoms with Crippen molar-refractivity contribution in [2.24, 2.45) is 0 Å². The van der Waals surface area contributed by atoms with Gasteiger partial charge in [-0.25, -0.2) is 4.90 Å². The van der Waals surface area contributed by atoms with E-state index in [0.717, 1.165) is 0 Å². The zero-order chi connectivity index (χ0) is 17.0. The Labute approximate surface area is 141 Å². The molecule has 0 fully saturated rings. The quantitative estimate of drug-likeness (QED) is 0.750. The van der Waals surface area contributed by atoms with Crippen molar-refractivity contribution in [2.75, 3.05) is 0 Å². The average Bonchev–Trinajstić information content (AvgIpc) is 2.86. The maximum atomic E-state index is 12.8. The van der Waals surface area contributed by atoms with Gasteiger partial charge >= 0.3 is 0 Å². The number of Topliss-reactive ketones (excluding diaryl/α,β-unsaturated/α-hetero) is 2. The molecule has 1 heterocycles. The highest BCUT2D eigenvalue weighted by molar-refractivity contribution is 6.50. The summed E-state index contributed by atoms with van der Waals surface area (Å²) in [5.74, 6) is -2.53. The Hall–Kier alpha value is -3.05. The van der Waals surface area contributed by atoms with E-state index in [2.05, 4.69) is 0 Å². The molecule has 4 rings (SSSR count). The summed E-state index contributed by atoms with van der Waals surface area (Å²) >= 11 is 6.07. The Morgan fingerprint density at radius 1 is 0.625 bits per heavy atom. The van der Waals surface area contributed by atoms with Gasteiger partial charge in [0, 0.05) is 11.1 Å². The van der Waals surface area contributed by atoms with Gasteiger partial charge in [-0.2, -0.15) is 0 Å². The maximum absolute atomic E-state index is 12.8. The number of amides is 2. The summed E-state index contributed by atoms with van der Waals surface area (Å²) in [6, 6.07) is 12.4. The van der Waals surface area contributed by atoms with Crippen molar-refractivity contribution in [1.82, 2.24) is 4.90 Å². The Balaban J connectivity index is 1.91. The number of ketones is 2. The number of allylic oxidation sites excluding steroid dienone is 2. The molecule has 0 atom stereocenters. The van der Waals surface area contributed by atoms with Gasteiger partial charge in [0.25, 0.3) is 11.8 Å². The molecule has 24 heavy (non-hydrogen) atoms. The van der Waals surface area contributed by atoms with E-state index in [0.29, 0.717) is 4.90 Å². The number of hydrogen-bond donors (Lipinski definition) is 0. The summed E-state index contributed by atoms with van der Waals surface area (Å²) in [6.45, 7) is 0. The number of halogens is 1. The normalized spacial score (nSPS) is 16.6. The molecule has 5 nitrogen and oxygen atoms in total. The van der Waals surface area contributed by atoms with Gasteiger partial charge in [0.1, 0.15) is 10.7 Å². The van der Waals surface area contributed by atoms with Crippen LogP contribution in [0, 0.1) is 0 Å². The Bertz CT molecular complexity index is 971. The fourth-order valence-electron chi connectivity index (χ4n) is 2.92. The highest BCUT2D eigenvalue weighted by atomic mass is 35.5. The third-order valence-electron chi connectivity index (χ3n) is 4.06. The third kappa shape index (κ3) is 1.76. The largest absolute Gasteiger partial charge is 0.287 e. The molecule has 0 radical (unpaired) electrons. The molecule has 0 bridgehead atoms. The van der Waals surface area contributed by atoms with Crippen LogP contribution in [0.15, 0.2) is 59.3 Å². The highest BCUT2D eigenvalue weighted by Gasteiger charge is 2.44. The monoisotopic (exact) mass is 337 g/mol. The predicted octanol–water partition coefficient (Wildman–Crippen LogP) is 2.81. The lowest BCUT2D eigenvalue weighted by molar-refractivity contribution is 0.0675. The van der Waals surface area contributed by atoms with Crippen LogP contribution in [0.3, 0.4) is 0 Å². The summed E-state index contributed by atoms with van der Waals surface area (Å²) in [7, 11) is 0. The molecule has 0 spiro atoms. The van der Waals surface area contributed by atoms with Gasteiger partial charge in [-0.3, -0.25) is 19.2 Å². The predicted molar refractivity (Wildman–Crippen MR) is 84.9 cm³/mol. The van der Waals surface area contributed by atoms with Crippen molar-refractivity contribution >= 4 is 35.0 Å². The van der Waals surface area contributed by atoms with Gasteiger partial charge in [-0.1, -0.05) is 48.0 Å². The average molecular weight is 338 g/mol. The maximum Gasteiger partial charge on any atom is 0.266 e. The zero-order valence-corrected chi connectivity index (χ0v) is 12.8. The van der Waals surface area contributed by atoms with Crippen molar-refractivity contribution in [3.05, 3.63) is 81.5 Å². The molecule has 1 aliphatic heterocycles. The van der Waals surface area contributed by atoms with Gasteiger partial charge in [0.15, 0.2) is 0 Å². The van der Waals surface area contributed by atoms with Crippen molar-refractivity contribution < 1.29 is 19.2 Å². The molecule has 1 aliphatic carbocycles. The third-order valence-corrected chi connectivity index (χ3v) is 4.41. The Morgan fingerprint density at radius 3 is 1.54 bits per heavy atom. The Kier molecular flexibility index (Phi) is 3.01. The number of nitrogens with zero attached hydrogens (tertiary/aromatic N) is 1. The van der Waals surface area contributed by atoms with Crippen LogP contribution in [0.1, 0.15) is 41.4 Å². The van der Waals surface area contributed by atoms with Crippen molar-refractivity contribution in [2.45, 2.75) is 0 Å². The second-order valence-electron chi connectivity index (χ2n) is 5.36. The van der Waals surface area contributed by atoms with E-state index in [1.54, 1.807) is 24.3 Å². The molecule has 116 valence electrons. The molecule has 0 saturated heterocycles. The number of carbonyl (C=O) groups excluding carboxylic acids is 4. The van der Waals surface area contributed by atoms with E-state index in [1.165, 1.54) is 24.3 Å². The summed E-state index contributed by atoms with van der Waals surface area (Å²) < 4.78 is 0. The van der Waals surface area contributed by atoms with Gasteiger partial charge < -0.3 is 0 Å². The molecule has 0 aromatic heterocycles. The van der Waals surface area contributed by atoms with E-state index in [-0.39, 0.29) is 28.0 Å². The van der Waals surface area contributed by atoms with E-state index in [4.69, 9.17) is 11.6 Å². The van der Waals surface area contributed by atoms with Crippen LogP contribution >= 0.6 is 11.6 Å². The first-order valence-corrected chi connectivity index (χ1v) is 7.46. The van der Waals surface area contributed by atoms with Crippen LogP contribution in [0.4, 0.5) is 0 Å². The molecule has 0 N–H and O–H groups in total. The lowest BCUT2D eigenvalue weighted by atomic mass is 9.92. The second-order valence-corrected chi connectivity index (χ2v) is 5.74. The van der Waals surface area contributed by atoms with Crippen molar-refractivity contribution in [3.63, 3.8) is 0 Å². The molecule has 2 aromatic carbocycles. The number of rotatable bonds is 1. The van der Waals surface area contributed by atoms with Crippen LogP contribution in [0.5, 0.6) is 0 Å². The summed E-state index contributed by atoms with van der Waals surface area (Å²) in [4.78, 5) is 51.0. The topological polar surface area (TPSA) is 71.5 Å². The first-order valence-electron chi connectivity index (χ1n) is 7.08. The zero-order valence-electron chi connectivity index (χ0n) is 12.1. The van der Waals surface area contributed by atoms with Crippen LogP contribution < -0.4 is 0 Å². The van der Waals surface area contributed by atoms with Crippen molar-refractivity contribution in [3.8, 4) is 0 Å². The minimum absolute atomic E-state index is 0.124. The molecular weight excluding hydrogens is 330 g/mol. The molecule has 0 unspecified atom stereocenters. The van der Waals surface area contributed by atoms with E-state index < -0.39 is 28.4 Å². The van der Waals surface area contributed by atoms with Gasteiger partial charge in [-0.15, -0.1) is 0 Å². The molecule has 2 aliphatic rings. The molecule has 6 heteroatoms. The van der Waals surface area contributed by atoms with Crippen LogP contribution in [-0.4, -0.2) is 28.3 Å². The lowest BCUT2D eigenvalue weighted by Gasteiger charge is -2.23. The molecular formula is C18H8ClNO4. The minimum atomic E-state index is -0.663. The minimum Gasteiger partial charge on any atom is -0.287 e. The van der Waals surface area contributed by atoms with Gasteiger partial charge in [-0.05, 0) is 12.1 Å². The van der Waals surface area contributed by atoms with E-state index >= 15 is 0 Å². The SMILES string of the molecule is O=C1C(Cl)=C(N2C(=O)c3ccccc3C2=O)C(=O)c2ccccc21. The number of imide groups is 1. The van der Waals surface area contributed by atoms with Gasteiger partial charge in [0.05, 0.1) is 11.1 Å². The molecule has 0 saturated carbocycles. The lowest BCUT2D eigenvalue weighted by Crippen LogP contribution is -2.37. The molecule has 2 aromatic rings. The second kappa shape index (κ2) is 4.97. The standard InChI is InChI=1S/C18H8ClNO4/c19-13-14(16(22)10-6-2-1-5-9(10)15(13)21)20-17(23)11-7-3-4-8-12(11)18(20)24/h1-8H. The van der Waals surface area contributed by atoms with E-state index in [9.17, 15) is 19.2 Å². The Morgan fingerprint density at radius 2 is 1.04 bits per heavy atom. The summed E-state index contributed by atoms with van der Waals surface area (Å²) in [5.41, 5.74) is 0.259. The van der Waals surface area contributed by atoms with Crippen LogP contribution in [-0.2, 0) is 0 Å². The summed E-state index contributed by atoms with van der Waals surface area (Å²) in [6.07, 6.45) is 0. The van der Waals surface area contributed by atoms with Crippen LogP contribution in [0.2, 0.25) is 0 Å². The fraction of sp³-hybridized carbons (Fsp3) is 0. The van der Waals surface area contributed by atoms with Crippen molar-refractivity contribution in [1.29, 1.82) is 0 Å². The highest BCUT2D eigenvalue weighted by Crippen LogP contribution is 2.35. The number of fused-ring (bicyclic) bond motifs is 2.